The molecule has 0 spiro atoms. The Morgan fingerprint density at radius 2 is 2.15 bits per heavy atom. The Hall–Kier alpha value is -2.89. The average molecular weight is 357 g/mol. The van der Waals surface area contributed by atoms with Crippen LogP contribution in [-0.2, 0) is 4.74 Å². The van der Waals surface area contributed by atoms with Gasteiger partial charge in [0, 0.05) is 17.4 Å². The van der Waals surface area contributed by atoms with Gasteiger partial charge < -0.3 is 15.8 Å². The van der Waals surface area contributed by atoms with E-state index in [2.05, 4.69) is 16.9 Å². The average Bonchev–Trinajstić information content (AvgIpc) is 2.53. The fraction of sp³-hybridized carbons (Fsp3) is 0.300. The van der Waals surface area contributed by atoms with Crippen molar-refractivity contribution < 1.29 is 13.9 Å². The molecule has 1 heterocycles. The summed E-state index contributed by atoms with van der Waals surface area (Å²) >= 11 is 0. The van der Waals surface area contributed by atoms with Gasteiger partial charge in [-0.05, 0) is 57.0 Å². The molecule has 0 radical (unpaired) electrons. The molecule has 0 aliphatic heterocycles. The molecule has 1 aromatic carbocycles. The zero-order chi connectivity index (χ0) is 19.3. The van der Waals surface area contributed by atoms with Gasteiger partial charge in [-0.25, -0.2) is 9.18 Å². The van der Waals surface area contributed by atoms with E-state index in [1.54, 1.807) is 57.3 Å². The minimum atomic E-state index is -0.611. The number of hydrogen-bond donors (Lipinski definition) is 2. The fourth-order valence-electron chi connectivity index (χ4n) is 2.51. The van der Waals surface area contributed by atoms with Crippen LogP contribution in [0.5, 0.6) is 0 Å². The molecule has 2 rings (SSSR count). The fourth-order valence-corrected chi connectivity index (χ4v) is 2.51. The van der Waals surface area contributed by atoms with Crippen molar-refractivity contribution in [2.75, 3.05) is 5.73 Å². The van der Waals surface area contributed by atoms with E-state index < -0.39 is 23.6 Å². The summed E-state index contributed by atoms with van der Waals surface area (Å²) in [5, 5.41) is 2.78. The highest BCUT2D eigenvalue weighted by Crippen LogP contribution is 2.30. The van der Waals surface area contributed by atoms with Crippen molar-refractivity contribution >= 4 is 11.8 Å². The van der Waals surface area contributed by atoms with Gasteiger partial charge >= 0.3 is 6.09 Å². The van der Waals surface area contributed by atoms with Crippen molar-refractivity contribution in [3.05, 3.63) is 60.7 Å². The molecule has 3 N–H and O–H groups in total. The van der Waals surface area contributed by atoms with Crippen LogP contribution in [0.15, 0.2) is 49.2 Å². The third kappa shape index (κ3) is 5.05. The highest BCUT2D eigenvalue weighted by atomic mass is 19.1. The highest BCUT2D eigenvalue weighted by molar-refractivity contribution is 5.77. The number of carbonyl (C=O) groups is 1. The second kappa shape index (κ2) is 7.99. The first kappa shape index (κ1) is 19.4. The van der Waals surface area contributed by atoms with Gasteiger partial charge in [0.15, 0.2) is 0 Å². The van der Waals surface area contributed by atoms with E-state index >= 15 is 0 Å². The van der Waals surface area contributed by atoms with Crippen LogP contribution < -0.4 is 11.1 Å². The van der Waals surface area contributed by atoms with E-state index in [9.17, 15) is 9.18 Å². The number of amides is 1. The van der Waals surface area contributed by atoms with E-state index in [0.717, 1.165) is 0 Å². The summed E-state index contributed by atoms with van der Waals surface area (Å²) in [4.78, 5) is 16.4. The van der Waals surface area contributed by atoms with E-state index in [-0.39, 0.29) is 0 Å². The first-order valence-corrected chi connectivity index (χ1v) is 8.32. The number of halogens is 1. The lowest BCUT2D eigenvalue weighted by Crippen LogP contribution is -2.35. The maximum Gasteiger partial charge on any atom is 0.408 e. The van der Waals surface area contributed by atoms with Crippen LogP contribution in [0, 0.1) is 5.82 Å². The number of nitrogen functional groups attached to an aromatic ring is 1. The molecule has 5 nitrogen and oxygen atoms in total. The normalized spacial score (nSPS) is 12.3. The molecule has 1 amide bonds. The molecule has 26 heavy (non-hydrogen) atoms. The second-order valence-corrected chi connectivity index (χ2v) is 6.90. The van der Waals surface area contributed by atoms with Crippen LogP contribution >= 0.6 is 0 Å². The van der Waals surface area contributed by atoms with Crippen LogP contribution in [0.25, 0.3) is 11.1 Å². The number of rotatable bonds is 5. The summed E-state index contributed by atoms with van der Waals surface area (Å²) in [6.07, 6.45) is 3.13. The van der Waals surface area contributed by atoms with E-state index in [1.807, 2.05) is 0 Å². The molecule has 1 atom stereocenters. The van der Waals surface area contributed by atoms with E-state index in [4.69, 9.17) is 10.5 Å². The van der Waals surface area contributed by atoms with E-state index in [1.165, 1.54) is 6.07 Å². The molecule has 0 saturated heterocycles. The topological polar surface area (TPSA) is 77.2 Å². The number of anilines is 1. The molecule has 2 aromatic rings. The molecule has 138 valence electrons. The van der Waals surface area contributed by atoms with Gasteiger partial charge in [-0.1, -0.05) is 12.1 Å². The molecule has 0 aliphatic carbocycles. The Kier molecular flexibility index (Phi) is 5.97. The molecular formula is C20H24FN3O2. The Labute approximate surface area is 153 Å². The summed E-state index contributed by atoms with van der Waals surface area (Å²) in [6, 6.07) is 7.48. The Bertz CT molecular complexity index is 780. The summed E-state index contributed by atoms with van der Waals surface area (Å²) in [7, 11) is 0. The van der Waals surface area contributed by atoms with Crippen LogP contribution in [0.2, 0.25) is 0 Å². The van der Waals surface area contributed by atoms with Crippen LogP contribution in [0.4, 0.5) is 14.9 Å². The van der Waals surface area contributed by atoms with Gasteiger partial charge in [-0.2, -0.15) is 0 Å². The maximum atomic E-state index is 14.2. The van der Waals surface area contributed by atoms with Crippen molar-refractivity contribution in [2.45, 2.75) is 38.8 Å². The quantitative estimate of drug-likeness (QED) is 0.605. The van der Waals surface area contributed by atoms with Crippen LogP contribution in [0.1, 0.15) is 38.9 Å². The van der Waals surface area contributed by atoms with Crippen molar-refractivity contribution in [3.8, 4) is 11.1 Å². The predicted octanol–water partition coefficient (Wildman–Crippen LogP) is 4.61. The number of nitrogens with two attached hydrogens (primary N) is 1. The number of aromatic nitrogens is 1. The lowest BCUT2D eigenvalue weighted by Gasteiger charge is -2.23. The summed E-state index contributed by atoms with van der Waals surface area (Å²) in [5.41, 5.74) is 7.11. The van der Waals surface area contributed by atoms with Crippen molar-refractivity contribution in [3.63, 3.8) is 0 Å². The van der Waals surface area contributed by atoms with Gasteiger partial charge in [0.05, 0.1) is 11.7 Å². The van der Waals surface area contributed by atoms with E-state index in [0.29, 0.717) is 28.9 Å². The molecular weight excluding hydrogens is 333 g/mol. The zero-order valence-corrected chi connectivity index (χ0v) is 15.3. The van der Waals surface area contributed by atoms with Crippen molar-refractivity contribution in [2.24, 2.45) is 0 Å². The number of ether oxygens (including phenoxy) is 1. The summed E-state index contributed by atoms with van der Waals surface area (Å²) in [5.74, 6) is -0.414. The summed E-state index contributed by atoms with van der Waals surface area (Å²) in [6.45, 7) is 9.08. The predicted molar refractivity (Wildman–Crippen MR) is 101 cm³/mol. The molecule has 0 saturated carbocycles. The van der Waals surface area contributed by atoms with Crippen LogP contribution in [-0.4, -0.2) is 16.7 Å². The molecule has 0 bridgehead atoms. The number of hydrogen-bond acceptors (Lipinski definition) is 4. The largest absolute Gasteiger partial charge is 0.444 e. The Morgan fingerprint density at radius 1 is 1.42 bits per heavy atom. The number of nitrogens with zero attached hydrogens (tertiary/aromatic N) is 1. The number of benzene rings is 1. The molecule has 1 aromatic heterocycles. The van der Waals surface area contributed by atoms with Gasteiger partial charge in [0.2, 0.25) is 0 Å². The lowest BCUT2D eigenvalue weighted by molar-refractivity contribution is 0.0503. The molecule has 0 unspecified atom stereocenters. The second-order valence-electron chi connectivity index (χ2n) is 6.90. The zero-order valence-electron chi connectivity index (χ0n) is 15.3. The van der Waals surface area contributed by atoms with Gasteiger partial charge in [-0.3, -0.25) is 4.98 Å². The third-order valence-electron chi connectivity index (χ3n) is 3.57. The van der Waals surface area contributed by atoms with Gasteiger partial charge in [0.1, 0.15) is 11.4 Å². The third-order valence-corrected chi connectivity index (χ3v) is 3.57. The van der Waals surface area contributed by atoms with Gasteiger partial charge in [-0.15, -0.1) is 6.58 Å². The smallest absolute Gasteiger partial charge is 0.408 e. The first-order chi connectivity index (χ1) is 12.2. The Balaban J connectivity index is 2.33. The molecule has 6 heteroatoms. The van der Waals surface area contributed by atoms with Crippen LogP contribution in [0.3, 0.4) is 0 Å². The monoisotopic (exact) mass is 357 g/mol. The lowest BCUT2D eigenvalue weighted by atomic mass is 10.0. The standard InChI is InChI=1S/C20H24FN3O2/c1-5-7-16(24-19(25)26-20(2,3)4)17-12-13(10-11-23-17)18-14(21)8-6-9-15(18)22/h5-6,8-12,16H,1,7,22H2,2-4H3,(H,24,25)/t16-/m0/s1. The first-order valence-electron chi connectivity index (χ1n) is 8.32. The SMILES string of the molecule is C=CC[C@H](NC(=O)OC(C)(C)C)c1cc(-c2c(N)cccc2F)ccn1. The number of nitrogens with one attached hydrogen (secondary N) is 1. The maximum absolute atomic E-state index is 14.2. The van der Waals surface area contributed by atoms with Crippen molar-refractivity contribution in [1.29, 1.82) is 0 Å². The van der Waals surface area contributed by atoms with Crippen molar-refractivity contribution in [1.82, 2.24) is 10.3 Å². The van der Waals surface area contributed by atoms with Gasteiger partial charge in [0.25, 0.3) is 0 Å². The molecule has 0 fully saturated rings. The Morgan fingerprint density at radius 3 is 2.77 bits per heavy atom. The highest BCUT2D eigenvalue weighted by Gasteiger charge is 2.21. The number of alkyl carbamates (subject to hydrolysis) is 1. The minimum Gasteiger partial charge on any atom is -0.444 e. The summed E-state index contributed by atoms with van der Waals surface area (Å²) < 4.78 is 19.5. The number of pyridine rings is 1. The number of carbonyl (C=O) groups excluding carboxylic acids is 1. The molecule has 0 aliphatic rings. The minimum absolute atomic E-state index is 0.311.